The maximum Gasteiger partial charge on any atom is 0.344 e. The van der Waals surface area contributed by atoms with Gasteiger partial charge in [0.1, 0.15) is 12.8 Å². The van der Waals surface area contributed by atoms with Crippen LogP contribution in [0.15, 0.2) is 29.0 Å². The zero-order valence-corrected chi connectivity index (χ0v) is 12.5. The summed E-state index contributed by atoms with van der Waals surface area (Å²) < 4.78 is 12.1. The summed E-state index contributed by atoms with van der Waals surface area (Å²) in [5.41, 5.74) is 1.36. The van der Waals surface area contributed by atoms with Crippen molar-refractivity contribution in [2.24, 2.45) is 0 Å². The fourth-order valence-corrected chi connectivity index (χ4v) is 3.90. The normalized spacial score (nSPS) is 16.8. The van der Waals surface area contributed by atoms with Crippen LogP contribution in [0.1, 0.15) is 0 Å². The number of thiazole rings is 1. The Balaban J connectivity index is 1.54. The predicted molar refractivity (Wildman–Crippen MR) is 80.6 cm³/mol. The van der Waals surface area contributed by atoms with Crippen LogP contribution < -0.4 is 9.47 Å². The number of hydrogen-bond donors (Lipinski definition) is 1. The number of rotatable bonds is 3. The molecule has 1 aliphatic rings. The molecule has 4 rings (SSSR count). The van der Waals surface area contributed by atoms with Crippen molar-refractivity contribution in [1.82, 2.24) is 15.0 Å². The lowest BCUT2D eigenvalue weighted by Gasteiger charge is -2.25. The van der Waals surface area contributed by atoms with Gasteiger partial charge in [-0.15, -0.1) is 0 Å². The lowest BCUT2D eigenvalue weighted by molar-refractivity contribution is -0.380. The van der Waals surface area contributed by atoms with Crippen molar-refractivity contribution in [2.75, 3.05) is 6.61 Å². The van der Waals surface area contributed by atoms with Gasteiger partial charge in [-0.3, -0.25) is 10.1 Å². The Bertz CT molecular complexity index is 862. The number of thioether (sulfide) groups is 1. The van der Waals surface area contributed by atoms with E-state index in [1.807, 2.05) is 12.1 Å². The van der Waals surface area contributed by atoms with Crippen LogP contribution in [0.4, 0.5) is 5.00 Å². The van der Waals surface area contributed by atoms with Crippen LogP contribution >= 0.6 is 23.1 Å². The Morgan fingerprint density at radius 2 is 2.32 bits per heavy atom. The van der Waals surface area contributed by atoms with Gasteiger partial charge in [0.2, 0.25) is 0 Å². The van der Waals surface area contributed by atoms with E-state index in [1.165, 1.54) is 18.0 Å². The Kier molecular flexibility index (Phi) is 3.12. The lowest BCUT2D eigenvalue weighted by Crippen LogP contribution is -2.25. The second-order valence-electron chi connectivity index (χ2n) is 4.42. The molecular weight excluding hydrogens is 328 g/mol. The molecule has 22 heavy (non-hydrogen) atoms. The van der Waals surface area contributed by atoms with Crippen LogP contribution in [-0.4, -0.2) is 31.9 Å². The van der Waals surface area contributed by atoms with E-state index in [0.717, 1.165) is 22.4 Å². The number of hydrogen-bond acceptors (Lipinski definition) is 8. The first kappa shape index (κ1) is 13.3. The van der Waals surface area contributed by atoms with E-state index in [9.17, 15) is 10.1 Å². The number of ether oxygens (including phenoxy) is 2. The number of nitrogens with one attached hydrogen (secondary N) is 1. The molecule has 1 unspecified atom stereocenters. The van der Waals surface area contributed by atoms with Gasteiger partial charge in [-0.2, -0.15) is 0 Å². The quantitative estimate of drug-likeness (QED) is 0.579. The second-order valence-corrected chi connectivity index (χ2v) is 6.83. The SMILES string of the molecule is O=[N+]([O-])c1cnc(SC2COc3cc4nc[nH]c4cc3O2)s1. The summed E-state index contributed by atoms with van der Waals surface area (Å²) in [7, 11) is 0. The third-order valence-electron chi connectivity index (χ3n) is 3.00. The molecule has 1 N–H and O–H groups in total. The minimum Gasteiger partial charge on any atom is -0.485 e. The number of nitrogens with zero attached hydrogens (tertiary/aromatic N) is 3. The zero-order chi connectivity index (χ0) is 15.1. The second kappa shape index (κ2) is 5.14. The summed E-state index contributed by atoms with van der Waals surface area (Å²) in [5.74, 6) is 1.26. The highest BCUT2D eigenvalue weighted by atomic mass is 32.2. The van der Waals surface area contributed by atoms with Gasteiger partial charge in [0.25, 0.3) is 0 Å². The van der Waals surface area contributed by atoms with Crippen molar-refractivity contribution in [3.63, 3.8) is 0 Å². The van der Waals surface area contributed by atoms with Crippen molar-refractivity contribution in [3.8, 4) is 11.5 Å². The molecule has 0 fully saturated rings. The molecule has 1 atom stereocenters. The van der Waals surface area contributed by atoms with Gasteiger partial charge in [-0.25, -0.2) is 9.97 Å². The number of nitro groups is 1. The Morgan fingerprint density at radius 1 is 1.41 bits per heavy atom. The Labute approximate surface area is 131 Å². The largest absolute Gasteiger partial charge is 0.485 e. The molecule has 0 aliphatic carbocycles. The van der Waals surface area contributed by atoms with Crippen LogP contribution in [0.25, 0.3) is 11.0 Å². The third kappa shape index (κ3) is 2.35. The van der Waals surface area contributed by atoms with E-state index in [0.29, 0.717) is 22.4 Å². The van der Waals surface area contributed by atoms with E-state index in [2.05, 4.69) is 15.0 Å². The first-order valence-corrected chi connectivity index (χ1v) is 7.92. The van der Waals surface area contributed by atoms with E-state index < -0.39 is 4.92 Å². The molecule has 10 heteroatoms. The smallest absolute Gasteiger partial charge is 0.344 e. The van der Waals surface area contributed by atoms with Gasteiger partial charge < -0.3 is 14.5 Å². The van der Waals surface area contributed by atoms with Crippen LogP contribution in [0.5, 0.6) is 11.5 Å². The molecule has 1 aliphatic heterocycles. The summed E-state index contributed by atoms with van der Waals surface area (Å²) in [5, 5.41) is 10.7. The van der Waals surface area contributed by atoms with E-state index in [4.69, 9.17) is 9.47 Å². The van der Waals surface area contributed by atoms with Crippen LogP contribution in [0, 0.1) is 10.1 Å². The molecule has 2 aromatic heterocycles. The number of aromatic amines is 1. The monoisotopic (exact) mass is 336 g/mol. The zero-order valence-electron chi connectivity index (χ0n) is 10.9. The average Bonchev–Trinajstić information content (AvgIpc) is 3.13. The van der Waals surface area contributed by atoms with Gasteiger partial charge in [-0.1, -0.05) is 0 Å². The molecule has 0 spiro atoms. The molecule has 0 bridgehead atoms. The van der Waals surface area contributed by atoms with Gasteiger partial charge in [0.15, 0.2) is 21.3 Å². The first-order valence-electron chi connectivity index (χ1n) is 6.22. The molecule has 0 saturated heterocycles. The highest BCUT2D eigenvalue weighted by Gasteiger charge is 2.25. The van der Waals surface area contributed by atoms with Crippen LogP contribution in [0.3, 0.4) is 0 Å². The Hall–Kier alpha value is -2.33. The van der Waals surface area contributed by atoms with Gasteiger partial charge >= 0.3 is 5.00 Å². The number of H-pyrrole nitrogens is 1. The third-order valence-corrected chi connectivity index (χ3v) is 5.09. The Morgan fingerprint density at radius 3 is 3.14 bits per heavy atom. The van der Waals surface area contributed by atoms with Crippen LogP contribution in [-0.2, 0) is 0 Å². The van der Waals surface area contributed by atoms with Crippen molar-refractivity contribution >= 4 is 39.1 Å². The van der Waals surface area contributed by atoms with E-state index >= 15 is 0 Å². The van der Waals surface area contributed by atoms with Gasteiger partial charge in [0.05, 0.1) is 22.3 Å². The standard InChI is InChI=1S/C12H8N4O4S2/c17-16(18)10-3-13-12(21-10)22-11-4-19-8-1-6-7(15-5-14-6)2-9(8)20-11/h1-3,5,11H,4H2,(H,14,15). The van der Waals surface area contributed by atoms with Gasteiger partial charge in [0, 0.05) is 12.1 Å². The maximum absolute atomic E-state index is 10.7. The minimum atomic E-state index is -0.454. The van der Waals surface area contributed by atoms with E-state index in [-0.39, 0.29) is 10.4 Å². The number of benzene rings is 1. The number of fused-ring (bicyclic) bond motifs is 2. The molecule has 3 heterocycles. The van der Waals surface area contributed by atoms with Crippen molar-refractivity contribution in [1.29, 1.82) is 0 Å². The highest BCUT2D eigenvalue weighted by Crippen LogP contribution is 2.39. The molecule has 112 valence electrons. The molecule has 3 aromatic rings. The summed E-state index contributed by atoms with van der Waals surface area (Å²) in [6.45, 7) is 0.334. The van der Waals surface area contributed by atoms with Crippen molar-refractivity contribution in [3.05, 3.63) is 34.8 Å². The average molecular weight is 336 g/mol. The molecule has 0 amide bonds. The minimum absolute atomic E-state index is 0.0128. The number of aromatic nitrogens is 3. The summed E-state index contributed by atoms with van der Waals surface area (Å²) in [6, 6.07) is 3.64. The van der Waals surface area contributed by atoms with Gasteiger partial charge in [-0.05, 0) is 23.1 Å². The van der Waals surface area contributed by atoms with Crippen LogP contribution in [0.2, 0.25) is 0 Å². The molecule has 8 nitrogen and oxygen atoms in total. The fraction of sp³-hybridized carbons (Fsp3) is 0.167. The maximum atomic E-state index is 10.7. The van der Waals surface area contributed by atoms with Crippen molar-refractivity contribution < 1.29 is 14.4 Å². The molecule has 0 radical (unpaired) electrons. The highest BCUT2D eigenvalue weighted by molar-refractivity contribution is 8.01. The van der Waals surface area contributed by atoms with E-state index in [1.54, 1.807) is 6.33 Å². The summed E-state index contributed by atoms with van der Waals surface area (Å²) in [6.07, 6.45) is 2.86. The fourth-order valence-electron chi connectivity index (χ4n) is 2.04. The summed E-state index contributed by atoms with van der Waals surface area (Å²) >= 11 is 2.32. The topological polar surface area (TPSA) is 103 Å². The van der Waals surface area contributed by atoms with Crippen molar-refractivity contribution in [2.45, 2.75) is 9.78 Å². The first-order chi connectivity index (χ1) is 10.7. The molecule has 1 aromatic carbocycles. The number of imidazole rings is 1. The molecular formula is C12H8N4O4S2. The summed E-state index contributed by atoms with van der Waals surface area (Å²) in [4.78, 5) is 21.4. The predicted octanol–water partition coefficient (Wildman–Crippen LogP) is 2.82. The molecule has 0 saturated carbocycles. The lowest BCUT2D eigenvalue weighted by atomic mass is 10.2.